The first-order valence-corrected chi connectivity index (χ1v) is 4.46. The van der Waals surface area contributed by atoms with Gasteiger partial charge in [0.05, 0.1) is 0 Å². The maximum Gasteiger partial charge on any atom is 0.142 e. The van der Waals surface area contributed by atoms with Crippen molar-refractivity contribution in [2.75, 3.05) is 0 Å². The highest BCUT2D eigenvalue weighted by Crippen LogP contribution is 2.52. The highest BCUT2D eigenvalue weighted by molar-refractivity contribution is 5.63. The van der Waals surface area contributed by atoms with Crippen LogP contribution in [-0.4, -0.2) is 6.10 Å². The number of hydrogen-bond donors (Lipinski definition) is 0. The van der Waals surface area contributed by atoms with Gasteiger partial charge in [0.15, 0.2) is 0 Å². The van der Waals surface area contributed by atoms with Crippen LogP contribution in [0, 0.1) is 0 Å². The molecule has 2 atom stereocenters. The molecule has 13 heavy (non-hydrogen) atoms. The second-order valence-corrected chi connectivity index (χ2v) is 3.48. The summed E-state index contributed by atoms with van der Waals surface area (Å²) in [6, 6.07) is 8.31. The van der Waals surface area contributed by atoms with Gasteiger partial charge in [-0.3, -0.25) is 0 Å². The summed E-state index contributed by atoms with van der Waals surface area (Å²) in [6.45, 7) is 3.84. The molecule has 1 saturated heterocycles. The van der Waals surface area contributed by atoms with E-state index in [0.29, 0.717) is 0 Å². The largest absolute Gasteiger partial charge is 0.352 e. The topological polar surface area (TPSA) is 12.5 Å². The molecule has 1 aliphatic heterocycles. The average Bonchev–Trinajstić information content (AvgIpc) is 2.93. The Morgan fingerprint density at radius 3 is 3.08 bits per heavy atom. The molecule has 0 aromatic heterocycles. The highest BCUT2D eigenvalue weighted by Gasteiger charge is 2.56. The van der Waals surface area contributed by atoms with E-state index in [-0.39, 0.29) is 11.7 Å². The molecular formula is C12H10O. The van der Waals surface area contributed by atoms with Crippen molar-refractivity contribution in [3.05, 3.63) is 54.1 Å². The fourth-order valence-electron chi connectivity index (χ4n) is 2.04. The number of hydrogen-bond acceptors (Lipinski definition) is 1. The Labute approximate surface area is 77.3 Å². The minimum absolute atomic E-state index is 0.203. The normalized spacial score (nSPS) is 33.4. The van der Waals surface area contributed by atoms with Crippen molar-refractivity contribution < 1.29 is 4.74 Å². The molecule has 2 unspecified atom stereocenters. The van der Waals surface area contributed by atoms with Gasteiger partial charge in [0.25, 0.3) is 0 Å². The van der Waals surface area contributed by atoms with Crippen LogP contribution in [0.5, 0.6) is 0 Å². The maximum absolute atomic E-state index is 5.64. The van der Waals surface area contributed by atoms with Gasteiger partial charge in [0.2, 0.25) is 0 Å². The van der Waals surface area contributed by atoms with Crippen molar-refractivity contribution in [3.8, 4) is 0 Å². The van der Waals surface area contributed by atoms with Gasteiger partial charge in [0, 0.05) is 0 Å². The number of benzene rings is 1. The molecule has 1 heteroatoms. The molecule has 3 rings (SSSR count). The van der Waals surface area contributed by atoms with E-state index in [9.17, 15) is 0 Å². The summed E-state index contributed by atoms with van der Waals surface area (Å²) in [5.41, 5.74) is 2.29. The molecule has 2 aliphatic rings. The first-order valence-electron chi connectivity index (χ1n) is 4.46. The SMILES string of the molecule is C=CC12OC1C=Cc1ccccc12. The quantitative estimate of drug-likeness (QED) is 0.466. The molecule has 1 aliphatic carbocycles. The van der Waals surface area contributed by atoms with Gasteiger partial charge in [-0.05, 0) is 11.1 Å². The van der Waals surface area contributed by atoms with Crippen molar-refractivity contribution in [2.24, 2.45) is 0 Å². The van der Waals surface area contributed by atoms with Crippen LogP contribution in [0.15, 0.2) is 43.0 Å². The Balaban J connectivity index is 2.26. The third-order valence-corrected chi connectivity index (χ3v) is 2.82. The van der Waals surface area contributed by atoms with E-state index in [1.807, 2.05) is 18.2 Å². The molecule has 0 spiro atoms. The predicted molar refractivity (Wildman–Crippen MR) is 52.2 cm³/mol. The van der Waals surface area contributed by atoms with E-state index in [1.54, 1.807) is 0 Å². The number of fused-ring (bicyclic) bond motifs is 3. The number of ether oxygens (including phenoxy) is 1. The van der Waals surface area contributed by atoms with Gasteiger partial charge < -0.3 is 4.74 Å². The van der Waals surface area contributed by atoms with Crippen LogP contribution in [0.1, 0.15) is 11.1 Å². The van der Waals surface area contributed by atoms with Crippen LogP contribution >= 0.6 is 0 Å². The van der Waals surface area contributed by atoms with Gasteiger partial charge in [0.1, 0.15) is 11.7 Å². The van der Waals surface area contributed by atoms with E-state index in [0.717, 1.165) is 0 Å². The molecule has 0 N–H and O–H groups in total. The van der Waals surface area contributed by atoms with Gasteiger partial charge in [-0.15, -0.1) is 0 Å². The van der Waals surface area contributed by atoms with Crippen molar-refractivity contribution in [1.29, 1.82) is 0 Å². The van der Waals surface area contributed by atoms with Crippen LogP contribution in [0.2, 0.25) is 0 Å². The second kappa shape index (κ2) is 2.12. The van der Waals surface area contributed by atoms with E-state index < -0.39 is 0 Å². The lowest BCUT2D eigenvalue weighted by Crippen LogP contribution is -2.12. The first-order chi connectivity index (χ1) is 6.37. The highest BCUT2D eigenvalue weighted by atomic mass is 16.6. The third kappa shape index (κ3) is 0.749. The monoisotopic (exact) mass is 170 g/mol. The van der Waals surface area contributed by atoms with Crippen LogP contribution in [0.4, 0.5) is 0 Å². The Morgan fingerprint density at radius 1 is 1.38 bits per heavy atom. The molecule has 0 radical (unpaired) electrons. The van der Waals surface area contributed by atoms with E-state index in [1.165, 1.54) is 11.1 Å². The third-order valence-electron chi connectivity index (χ3n) is 2.82. The molecule has 1 heterocycles. The summed E-state index contributed by atoms with van der Waals surface area (Å²) in [5, 5.41) is 0. The lowest BCUT2D eigenvalue weighted by molar-refractivity contribution is 0.346. The summed E-state index contributed by atoms with van der Waals surface area (Å²) in [5.74, 6) is 0. The smallest absolute Gasteiger partial charge is 0.142 e. The maximum atomic E-state index is 5.64. The first kappa shape index (κ1) is 7.10. The van der Waals surface area contributed by atoms with Crippen molar-refractivity contribution in [2.45, 2.75) is 11.7 Å². The van der Waals surface area contributed by atoms with Gasteiger partial charge in [-0.25, -0.2) is 0 Å². The Bertz CT molecular complexity index is 405. The van der Waals surface area contributed by atoms with Crippen LogP contribution in [0.3, 0.4) is 0 Å². The minimum Gasteiger partial charge on any atom is -0.352 e. The Hall–Kier alpha value is -1.34. The van der Waals surface area contributed by atoms with Gasteiger partial charge in [-0.1, -0.05) is 49.1 Å². The lowest BCUT2D eigenvalue weighted by Gasteiger charge is -2.13. The summed E-state index contributed by atoms with van der Waals surface area (Å²) >= 11 is 0. The fraction of sp³-hybridized carbons (Fsp3) is 0.167. The summed E-state index contributed by atoms with van der Waals surface area (Å²) in [6.07, 6.45) is 6.35. The molecule has 1 fully saturated rings. The zero-order valence-corrected chi connectivity index (χ0v) is 7.23. The van der Waals surface area contributed by atoms with Crippen LogP contribution < -0.4 is 0 Å². The fourth-order valence-corrected chi connectivity index (χ4v) is 2.04. The molecule has 0 amide bonds. The van der Waals surface area contributed by atoms with Gasteiger partial charge in [-0.2, -0.15) is 0 Å². The van der Waals surface area contributed by atoms with Gasteiger partial charge >= 0.3 is 0 Å². The molecule has 0 bridgehead atoms. The number of rotatable bonds is 1. The van der Waals surface area contributed by atoms with E-state index in [2.05, 4.69) is 30.9 Å². The molecule has 64 valence electrons. The molecule has 1 aromatic carbocycles. The standard InChI is InChI=1S/C12H10O/c1-2-12-10-6-4-3-5-9(10)7-8-11(12)13-12/h2-8,11H,1H2. The molecule has 0 saturated carbocycles. The minimum atomic E-state index is -0.203. The summed E-state index contributed by atoms with van der Waals surface area (Å²) in [4.78, 5) is 0. The van der Waals surface area contributed by atoms with Crippen LogP contribution in [0.25, 0.3) is 6.08 Å². The predicted octanol–water partition coefficient (Wildman–Crippen LogP) is 2.49. The van der Waals surface area contributed by atoms with Crippen molar-refractivity contribution in [3.63, 3.8) is 0 Å². The summed E-state index contributed by atoms with van der Waals surface area (Å²) in [7, 11) is 0. The second-order valence-electron chi connectivity index (χ2n) is 3.48. The van der Waals surface area contributed by atoms with E-state index >= 15 is 0 Å². The molecule has 1 nitrogen and oxygen atoms in total. The van der Waals surface area contributed by atoms with Crippen molar-refractivity contribution >= 4 is 6.08 Å². The Kier molecular flexibility index (Phi) is 1.16. The molecule has 1 aromatic rings. The molecular weight excluding hydrogens is 160 g/mol. The zero-order valence-electron chi connectivity index (χ0n) is 7.23. The lowest BCUT2D eigenvalue weighted by atomic mass is 9.87. The van der Waals surface area contributed by atoms with Crippen LogP contribution in [-0.2, 0) is 10.3 Å². The zero-order chi connectivity index (χ0) is 8.89. The average molecular weight is 170 g/mol. The number of epoxide rings is 1. The van der Waals surface area contributed by atoms with Crippen molar-refractivity contribution in [1.82, 2.24) is 0 Å². The van der Waals surface area contributed by atoms with E-state index in [4.69, 9.17) is 4.74 Å². The Morgan fingerprint density at radius 2 is 2.23 bits per heavy atom. The summed E-state index contributed by atoms with van der Waals surface area (Å²) < 4.78 is 5.64.